The number of benzene rings is 6. The van der Waals surface area contributed by atoms with Crippen molar-refractivity contribution < 1.29 is 0 Å². The Balaban J connectivity index is 1.45. The quantitative estimate of drug-likeness (QED) is 0.197. The molecule has 1 nitrogen and oxygen atoms in total. The maximum absolute atomic E-state index is 2.35. The van der Waals surface area contributed by atoms with E-state index in [1.54, 1.807) is 0 Å². The van der Waals surface area contributed by atoms with E-state index in [2.05, 4.69) is 175 Å². The highest BCUT2D eigenvalue weighted by molar-refractivity contribution is 5.90. The number of hydrogen-bond donors (Lipinski definition) is 0. The molecule has 0 radical (unpaired) electrons. The Kier molecular flexibility index (Phi) is 7.14. The number of rotatable bonds is 7. The first kappa shape index (κ1) is 24.2. The second-order valence-electron chi connectivity index (χ2n) is 9.47. The van der Waals surface area contributed by atoms with Gasteiger partial charge in [-0.1, -0.05) is 140 Å². The largest absolute Gasteiger partial charge is 0.310 e. The minimum Gasteiger partial charge on any atom is -0.310 e. The minimum absolute atomic E-state index is 1.11. The van der Waals surface area contributed by atoms with Crippen LogP contribution in [0.5, 0.6) is 0 Å². The highest BCUT2D eigenvalue weighted by atomic mass is 15.1. The Labute approximate surface area is 231 Å². The molecular weight excluding hydrogens is 470 g/mol. The van der Waals surface area contributed by atoms with E-state index < -0.39 is 0 Å². The molecule has 0 saturated heterocycles. The molecule has 0 atom stereocenters. The van der Waals surface area contributed by atoms with Crippen molar-refractivity contribution in [2.45, 2.75) is 0 Å². The standard InChI is InChI=1S/C38H29N/c1-5-13-30(14-6-1)21-22-31-23-26-36(27-24-31)39(35-19-11-4-12-20-35)38-28-25-34(32-15-7-2-8-16-32)29-37(38)33-17-9-3-10-18-33/h1-29H. The van der Waals surface area contributed by atoms with Crippen LogP contribution in [-0.2, 0) is 0 Å². The average Bonchev–Trinajstić information content (AvgIpc) is 3.03. The lowest BCUT2D eigenvalue weighted by molar-refractivity contribution is 1.28. The zero-order valence-corrected chi connectivity index (χ0v) is 21.7. The van der Waals surface area contributed by atoms with Gasteiger partial charge in [0.05, 0.1) is 5.69 Å². The maximum atomic E-state index is 2.35. The van der Waals surface area contributed by atoms with Crippen LogP contribution in [0.15, 0.2) is 164 Å². The molecule has 0 spiro atoms. The van der Waals surface area contributed by atoms with Crippen molar-refractivity contribution in [2.75, 3.05) is 4.90 Å². The van der Waals surface area contributed by atoms with Crippen molar-refractivity contribution in [3.8, 4) is 22.3 Å². The maximum Gasteiger partial charge on any atom is 0.0540 e. The molecule has 0 unspecified atom stereocenters. The van der Waals surface area contributed by atoms with Gasteiger partial charge in [-0.2, -0.15) is 0 Å². The van der Waals surface area contributed by atoms with Crippen LogP contribution >= 0.6 is 0 Å². The summed E-state index contributed by atoms with van der Waals surface area (Å²) in [6.45, 7) is 0. The van der Waals surface area contributed by atoms with Gasteiger partial charge in [0, 0.05) is 16.9 Å². The normalized spacial score (nSPS) is 11.0. The molecule has 6 aromatic rings. The molecular formula is C38H29N. The summed E-state index contributed by atoms with van der Waals surface area (Å²) >= 11 is 0. The summed E-state index contributed by atoms with van der Waals surface area (Å²) < 4.78 is 0. The molecule has 0 bridgehead atoms. The Morgan fingerprint density at radius 2 is 0.846 bits per heavy atom. The first-order valence-electron chi connectivity index (χ1n) is 13.3. The lowest BCUT2D eigenvalue weighted by atomic mass is 9.96. The number of para-hydroxylation sites is 1. The van der Waals surface area contributed by atoms with Crippen LogP contribution in [0, 0.1) is 0 Å². The molecule has 6 rings (SSSR count). The van der Waals surface area contributed by atoms with Gasteiger partial charge in [0.15, 0.2) is 0 Å². The van der Waals surface area contributed by atoms with Gasteiger partial charge in [-0.15, -0.1) is 0 Å². The second-order valence-corrected chi connectivity index (χ2v) is 9.47. The van der Waals surface area contributed by atoms with Gasteiger partial charge in [-0.25, -0.2) is 0 Å². The first-order chi connectivity index (χ1) is 19.3. The van der Waals surface area contributed by atoms with Gasteiger partial charge in [0.1, 0.15) is 0 Å². The fourth-order valence-corrected chi connectivity index (χ4v) is 4.89. The van der Waals surface area contributed by atoms with Crippen LogP contribution in [0.2, 0.25) is 0 Å². The fraction of sp³-hybridized carbons (Fsp3) is 0. The van der Waals surface area contributed by atoms with Gasteiger partial charge < -0.3 is 4.90 Å². The summed E-state index contributed by atoms with van der Waals surface area (Å²) in [7, 11) is 0. The van der Waals surface area contributed by atoms with Crippen LogP contribution in [0.4, 0.5) is 17.1 Å². The van der Waals surface area contributed by atoms with E-state index in [1.807, 2.05) is 6.07 Å². The third-order valence-electron chi connectivity index (χ3n) is 6.86. The third kappa shape index (κ3) is 5.58. The molecule has 0 amide bonds. The average molecular weight is 500 g/mol. The van der Waals surface area contributed by atoms with Crippen molar-refractivity contribution >= 4 is 29.2 Å². The van der Waals surface area contributed by atoms with Gasteiger partial charge in [-0.3, -0.25) is 0 Å². The van der Waals surface area contributed by atoms with Crippen LogP contribution in [0.1, 0.15) is 11.1 Å². The van der Waals surface area contributed by atoms with Gasteiger partial charge in [0.2, 0.25) is 0 Å². The molecule has 0 fully saturated rings. The second kappa shape index (κ2) is 11.5. The van der Waals surface area contributed by atoms with E-state index in [0.29, 0.717) is 0 Å². The fourth-order valence-electron chi connectivity index (χ4n) is 4.89. The predicted molar refractivity (Wildman–Crippen MR) is 167 cm³/mol. The number of hydrogen-bond acceptors (Lipinski definition) is 1. The van der Waals surface area contributed by atoms with Crippen LogP contribution in [0.3, 0.4) is 0 Å². The zero-order valence-electron chi connectivity index (χ0n) is 21.7. The van der Waals surface area contributed by atoms with Crippen molar-refractivity contribution in [1.82, 2.24) is 0 Å². The Bertz CT molecular complexity index is 1650. The van der Waals surface area contributed by atoms with Crippen molar-refractivity contribution in [2.24, 2.45) is 0 Å². The number of nitrogens with zero attached hydrogens (tertiary/aromatic N) is 1. The van der Waals surface area contributed by atoms with E-state index in [1.165, 1.54) is 33.4 Å². The molecule has 1 heteroatoms. The summed E-state index contributed by atoms with van der Waals surface area (Å²) in [5.74, 6) is 0. The highest BCUT2D eigenvalue weighted by Crippen LogP contribution is 2.42. The first-order valence-corrected chi connectivity index (χ1v) is 13.3. The minimum atomic E-state index is 1.11. The molecule has 0 N–H and O–H groups in total. The molecule has 39 heavy (non-hydrogen) atoms. The summed E-state index contributed by atoms with van der Waals surface area (Å²) in [4.78, 5) is 2.35. The van der Waals surface area contributed by atoms with Crippen LogP contribution in [0.25, 0.3) is 34.4 Å². The van der Waals surface area contributed by atoms with Crippen molar-refractivity contribution in [1.29, 1.82) is 0 Å². The zero-order chi connectivity index (χ0) is 26.3. The molecule has 186 valence electrons. The Morgan fingerprint density at radius 1 is 0.359 bits per heavy atom. The van der Waals surface area contributed by atoms with Crippen LogP contribution < -0.4 is 4.90 Å². The Hall–Kier alpha value is -5.14. The molecule has 0 aliphatic carbocycles. The summed E-state index contributed by atoms with van der Waals surface area (Å²) in [6, 6.07) is 57.8. The molecule has 0 aromatic heterocycles. The van der Waals surface area contributed by atoms with E-state index in [0.717, 1.165) is 17.1 Å². The van der Waals surface area contributed by atoms with E-state index in [4.69, 9.17) is 0 Å². The van der Waals surface area contributed by atoms with Gasteiger partial charge in [0.25, 0.3) is 0 Å². The monoisotopic (exact) mass is 499 g/mol. The van der Waals surface area contributed by atoms with Crippen molar-refractivity contribution in [3.05, 3.63) is 175 Å². The molecule has 0 saturated carbocycles. The highest BCUT2D eigenvalue weighted by Gasteiger charge is 2.18. The van der Waals surface area contributed by atoms with Gasteiger partial charge >= 0.3 is 0 Å². The Morgan fingerprint density at radius 3 is 1.46 bits per heavy atom. The lowest BCUT2D eigenvalue weighted by Crippen LogP contribution is -2.11. The van der Waals surface area contributed by atoms with Crippen LogP contribution in [-0.4, -0.2) is 0 Å². The molecule has 0 aliphatic heterocycles. The summed E-state index contributed by atoms with van der Waals surface area (Å²) in [6.07, 6.45) is 4.32. The van der Waals surface area contributed by atoms with E-state index in [-0.39, 0.29) is 0 Å². The third-order valence-corrected chi connectivity index (χ3v) is 6.86. The smallest absolute Gasteiger partial charge is 0.0540 e. The molecule has 0 aliphatic rings. The topological polar surface area (TPSA) is 3.24 Å². The molecule has 6 aromatic carbocycles. The predicted octanol–water partition coefficient (Wildman–Crippen LogP) is 10.7. The summed E-state index contributed by atoms with van der Waals surface area (Å²) in [5.41, 5.74) is 10.5. The van der Waals surface area contributed by atoms with E-state index >= 15 is 0 Å². The lowest BCUT2D eigenvalue weighted by Gasteiger charge is -2.28. The molecule has 0 heterocycles. The number of anilines is 3. The van der Waals surface area contributed by atoms with E-state index in [9.17, 15) is 0 Å². The van der Waals surface area contributed by atoms with Gasteiger partial charge in [-0.05, 0) is 64.2 Å². The SMILES string of the molecule is C(=Cc1ccc(N(c2ccccc2)c2ccc(-c3ccccc3)cc2-c2ccccc2)cc1)c1ccccc1. The summed E-state index contributed by atoms with van der Waals surface area (Å²) in [5, 5.41) is 0. The van der Waals surface area contributed by atoms with Crippen molar-refractivity contribution in [3.63, 3.8) is 0 Å².